The van der Waals surface area contributed by atoms with E-state index in [0.29, 0.717) is 17.9 Å². The summed E-state index contributed by atoms with van der Waals surface area (Å²) in [5, 5.41) is 5.94. The molecule has 4 nitrogen and oxygen atoms in total. The number of hydrogen-bond donors (Lipinski definition) is 2. The molecule has 2 aromatic rings. The van der Waals surface area contributed by atoms with Gasteiger partial charge in [-0.25, -0.2) is 0 Å². The van der Waals surface area contributed by atoms with Gasteiger partial charge in [0, 0.05) is 13.7 Å². The summed E-state index contributed by atoms with van der Waals surface area (Å²) in [5.74, 6) is 0.238. The molecule has 0 spiro atoms. The molecule has 0 saturated carbocycles. The van der Waals surface area contributed by atoms with Crippen LogP contribution in [0.4, 0.5) is 5.69 Å². The van der Waals surface area contributed by atoms with Crippen molar-refractivity contribution in [2.24, 2.45) is 0 Å². The van der Waals surface area contributed by atoms with Crippen molar-refractivity contribution < 1.29 is 9.53 Å². The van der Waals surface area contributed by atoms with E-state index >= 15 is 0 Å². The number of carbonyl (C=O) groups excluding carboxylic acids is 1. The van der Waals surface area contributed by atoms with Crippen LogP contribution in [0.25, 0.3) is 0 Å². The van der Waals surface area contributed by atoms with Crippen molar-refractivity contribution in [3.63, 3.8) is 0 Å². The Labute approximate surface area is 175 Å². The number of unbranched alkanes of at least 4 members (excludes halogenated alkanes) is 1. The molecule has 0 fully saturated rings. The molecule has 0 heterocycles. The van der Waals surface area contributed by atoms with Gasteiger partial charge in [-0.1, -0.05) is 29.3 Å². The largest absolute Gasteiger partial charge is 0.493 e. The first kappa shape index (κ1) is 20.1. The van der Waals surface area contributed by atoms with E-state index < -0.39 is 0 Å². The average molecular weight is 533 g/mol. The highest BCUT2D eigenvalue weighted by molar-refractivity contribution is 14.1. The Balaban J connectivity index is 2.04. The van der Waals surface area contributed by atoms with Crippen LogP contribution in [0.15, 0.2) is 46.9 Å². The van der Waals surface area contributed by atoms with E-state index in [1.165, 1.54) is 0 Å². The van der Waals surface area contributed by atoms with Gasteiger partial charge in [0.05, 0.1) is 12.2 Å². The van der Waals surface area contributed by atoms with Crippen molar-refractivity contribution in [2.45, 2.75) is 19.8 Å². The van der Waals surface area contributed by atoms with Crippen molar-refractivity contribution in [1.82, 2.24) is 5.32 Å². The lowest BCUT2D eigenvalue weighted by atomic mass is 10.2. The number of hydrogen-bond acceptors (Lipinski definition) is 3. The number of anilines is 1. The van der Waals surface area contributed by atoms with Crippen LogP contribution < -0.4 is 15.4 Å². The molecule has 25 heavy (non-hydrogen) atoms. The highest BCUT2D eigenvalue weighted by atomic mass is 127. The number of amides is 1. The molecule has 0 aromatic heterocycles. The van der Waals surface area contributed by atoms with Gasteiger partial charge in [-0.05, 0) is 83.7 Å². The fourth-order valence-electron chi connectivity index (χ4n) is 2.00. The van der Waals surface area contributed by atoms with E-state index in [1.54, 1.807) is 12.1 Å². The molecule has 0 bridgehead atoms. The van der Waals surface area contributed by atoms with Crippen molar-refractivity contribution in [3.8, 4) is 5.75 Å². The maximum absolute atomic E-state index is 12.6. The standard InChI is InChI=1S/C18H18BrIN2O2S/c1-2-3-10-24-16-9-4-12(19)11-15(16)17(23)22-18(25)21-14-7-5-13(20)6-8-14/h4-9,11H,2-3,10H2,1H3,(H2,21,22,23,25). The summed E-state index contributed by atoms with van der Waals surface area (Å²) >= 11 is 10.8. The summed E-state index contributed by atoms with van der Waals surface area (Å²) in [6, 6.07) is 13.1. The second-order valence-electron chi connectivity index (χ2n) is 5.26. The van der Waals surface area contributed by atoms with Gasteiger partial charge in [-0.15, -0.1) is 0 Å². The Bertz CT molecular complexity index is 753. The van der Waals surface area contributed by atoms with Crippen LogP contribution in [-0.4, -0.2) is 17.6 Å². The molecule has 7 heteroatoms. The van der Waals surface area contributed by atoms with E-state index in [0.717, 1.165) is 26.6 Å². The van der Waals surface area contributed by atoms with Crippen LogP contribution in [0.3, 0.4) is 0 Å². The minimum absolute atomic E-state index is 0.241. The fourth-order valence-corrected chi connectivity index (χ4v) is 2.93. The molecule has 0 unspecified atom stereocenters. The van der Waals surface area contributed by atoms with Crippen molar-refractivity contribution >= 4 is 67.4 Å². The van der Waals surface area contributed by atoms with E-state index in [2.05, 4.69) is 56.1 Å². The summed E-state index contributed by atoms with van der Waals surface area (Å²) in [5.41, 5.74) is 1.26. The van der Waals surface area contributed by atoms with E-state index in [1.807, 2.05) is 30.3 Å². The lowest BCUT2D eigenvalue weighted by Crippen LogP contribution is -2.34. The van der Waals surface area contributed by atoms with E-state index in [-0.39, 0.29) is 11.0 Å². The van der Waals surface area contributed by atoms with Gasteiger partial charge >= 0.3 is 0 Å². The topological polar surface area (TPSA) is 50.4 Å². The van der Waals surface area contributed by atoms with Crippen LogP contribution in [0.1, 0.15) is 30.1 Å². The smallest absolute Gasteiger partial charge is 0.261 e. The molecular formula is C18H18BrIN2O2S. The highest BCUT2D eigenvalue weighted by Gasteiger charge is 2.15. The van der Waals surface area contributed by atoms with Gasteiger partial charge in [0.2, 0.25) is 0 Å². The molecule has 0 saturated heterocycles. The SMILES string of the molecule is CCCCOc1ccc(Br)cc1C(=O)NC(=S)Nc1ccc(I)cc1. The van der Waals surface area contributed by atoms with Crippen LogP contribution in [-0.2, 0) is 0 Å². The van der Waals surface area contributed by atoms with Gasteiger partial charge in [0.1, 0.15) is 5.75 Å². The van der Waals surface area contributed by atoms with Crippen LogP contribution >= 0.6 is 50.7 Å². The second-order valence-corrected chi connectivity index (χ2v) is 7.83. The van der Waals surface area contributed by atoms with Gasteiger partial charge in [-0.2, -0.15) is 0 Å². The van der Waals surface area contributed by atoms with E-state index in [4.69, 9.17) is 17.0 Å². The summed E-state index contributed by atoms with van der Waals surface area (Å²) in [7, 11) is 0. The van der Waals surface area contributed by atoms with Gasteiger partial charge < -0.3 is 10.1 Å². The predicted molar refractivity (Wildman–Crippen MR) is 117 cm³/mol. The van der Waals surface area contributed by atoms with Crippen molar-refractivity contribution in [2.75, 3.05) is 11.9 Å². The summed E-state index contributed by atoms with van der Waals surface area (Å²) in [6.45, 7) is 2.66. The quantitative estimate of drug-likeness (QED) is 0.299. The highest BCUT2D eigenvalue weighted by Crippen LogP contribution is 2.23. The molecule has 0 aliphatic carbocycles. The number of benzene rings is 2. The number of thiocarbonyl (C=S) groups is 1. The second kappa shape index (κ2) is 10.1. The van der Waals surface area contributed by atoms with Gasteiger partial charge in [0.15, 0.2) is 5.11 Å². The molecule has 2 N–H and O–H groups in total. The first-order chi connectivity index (χ1) is 12.0. The molecule has 0 aliphatic rings. The average Bonchev–Trinajstić information content (AvgIpc) is 2.58. The molecular weight excluding hydrogens is 515 g/mol. The number of ether oxygens (including phenoxy) is 1. The van der Waals surface area contributed by atoms with Crippen LogP contribution in [0.5, 0.6) is 5.75 Å². The Morgan fingerprint density at radius 1 is 1.24 bits per heavy atom. The minimum atomic E-state index is -0.309. The molecule has 0 atom stereocenters. The fraction of sp³-hybridized carbons (Fsp3) is 0.222. The Kier molecular flexibility index (Phi) is 8.11. The lowest BCUT2D eigenvalue weighted by molar-refractivity contribution is 0.0973. The normalized spacial score (nSPS) is 10.2. The third-order valence-electron chi connectivity index (χ3n) is 3.27. The monoisotopic (exact) mass is 532 g/mol. The zero-order chi connectivity index (χ0) is 18.2. The maximum atomic E-state index is 12.6. The molecule has 132 valence electrons. The third-order valence-corrected chi connectivity index (χ3v) is 4.69. The Hall–Kier alpha value is -1.19. The predicted octanol–water partition coefficient (Wildman–Crippen LogP) is 5.36. The van der Waals surface area contributed by atoms with Crippen molar-refractivity contribution in [3.05, 3.63) is 56.1 Å². The third kappa shape index (κ3) is 6.56. The maximum Gasteiger partial charge on any atom is 0.261 e. The summed E-state index contributed by atoms with van der Waals surface area (Å²) < 4.78 is 7.65. The lowest BCUT2D eigenvalue weighted by Gasteiger charge is -2.13. The minimum Gasteiger partial charge on any atom is -0.493 e. The summed E-state index contributed by atoms with van der Waals surface area (Å²) in [4.78, 5) is 12.6. The Morgan fingerprint density at radius 2 is 1.96 bits per heavy atom. The number of halogens is 2. The molecule has 1 amide bonds. The molecule has 2 rings (SSSR count). The first-order valence-corrected chi connectivity index (χ1v) is 10.1. The van der Waals surface area contributed by atoms with Crippen LogP contribution in [0.2, 0.25) is 0 Å². The van der Waals surface area contributed by atoms with Gasteiger partial charge in [-0.3, -0.25) is 10.1 Å². The first-order valence-electron chi connectivity index (χ1n) is 7.80. The van der Waals surface area contributed by atoms with E-state index in [9.17, 15) is 4.79 Å². The molecule has 2 aromatic carbocycles. The zero-order valence-corrected chi connectivity index (χ0v) is 18.2. The zero-order valence-electron chi connectivity index (χ0n) is 13.6. The van der Waals surface area contributed by atoms with Crippen molar-refractivity contribution in [1.29, 1.82) is 0 Å². The van der Waals surface area contributed by atoms with Gasteiger partial charge in [0.25, 0.3) is 5.91 Å². The Morgan fingerprint density at radius 3 is 2.64 bits per heavy atom. The summed E-state index contributed by atoms with van der Waals surface area (Å²) in [6.07, 6.45) is 1.96. The molecule has 0 radical (unpaired) electrons. The number of rotatable bonds is 6. The number of carbonyl (C=O) groups is 1. The molecule has 0 aliphatic heterocycles. The van der Waals surface area contributed by atoms with Crippen LogP contribution in [0, 0.1) is 3.57 Å². The number of nitrogens with one attached hydrogen (secondary N) is 2.